The Labute approximate surface area is 79.9 Å². The van der Waals surface area contributed by atoms with Crippen LogP contribution >= 0.6 is 0 Å². The van der Waals surface area contributed by atoms with Gasteiger partial charge in [0, 0.05) is 11.3 Å². The maximum Gasteiger partial charge on any atom is 0.142 e. The summed E-state index contributed by atoms with van der Waals surface area (Å²) in [5, 5.41) is 0. The molecule has 3 aliphatic rings. The second-order valence-corrected chi connectivity index (χ2v) is 5.71. The van der Waals surface area contributed by atoms with Crippen molar-refractivity contribution in [2.45, 2.75) is 45.4 Å². The highest BCUT2D eigenvalue weighted by molar-refractivity contribution is 5.89. The lowest BCUT2D eigenvalue weighted by Gasteiger charge is -2.23. The Morgan fingerprint density at radius 2 is 2.00 bits per heavy atom. The van der Waals surface area contributed by atoms with Crippen molar-refractivity contribution in [3.8, 4) is 0 Å². The first-order valence-electron chi connectivity index (χ1n) is 5.73. The number of carbonyl (C=O) groups is 1. The third-order valence-corrected chi connectivity index (χ3v) is 4.67. The Bertz CT molecular complexity index is 252. The molecule has 0 aromatic carbocycles. The van der Waals surface area contributed by atoms with Gasteiger partial charge < -0.3 is 0 Å². The third-order valence-electron chi connectivity index (χ3n) is 4.67. The number of ketones is 1. The lowest BCUT2D eigenvalue weighted by molar-refractivity contribution is -0.129. The van der Waals surface area contributed by atoms with Crippen molar-refractivity contribution in [3.63, 3.8) is 0 Å². The predicted molar refractivity (Wildman–Crippen MR) is 51.3 cm³/mol. The number of rotatable bonds is 2. The van der Waals surface area contributed by atoms with Crippen molar-refractivity contribution >= 4 is 5.78 Å². The van der Waals surface area contributed by atoms with Gasteiger partial charge in [0.05, 0.1) is 0 Å². The van der Waals surface area contributed by atoms with Gasteiger partial charge in [-0.25, -0.2) is 0 Å². The molecule has 3 aliphatic carbocycles. The molecule has 3 atom stereocenters. The molecule has 3 unspecified atom stereocenters. The van der Waals surface area contributed by atoms with Crippen molar-refractivity contribution in [3.05, 3.63) is 0 Å². The maximum absolute atomic E-state index is 12.1. The molecular formula is C12H18O. The van der Waals surface area contributed by atoms with Crippen LogP contribution < -0.4 is 0 Å². The number of hydrogen-bond donors (Lipinski definition) is 0. The Kier molecular flexibility index (Phi) is 1.46. The number of hydrogen-bond acceptors (Lipinski definition) is 1. The quantitative estimate of drug-likeness (QED) is 0.635. The van der Waals surface area contributed by atoms with Gasteiger partial charge in [-0.3, -0.25) is 4.79 Å². The molecule has 72 valence electrons. The summed E-state index contributed by atoms with van der Waals surface area (Å²) < 4.78 is 0. The first kappa shape index (κ1) is 8.02. The lowest BCUT2D eigenvalue weighted by Crippen LogP contribution is -2.27. The molecule has 3 saturated carbocycles. The van der Waals surface area contributed by atoms with Gasteiger partial charge in [-0.1, -0.05) is 13.3 Å². The van der Waals surface area contributed by atoms with E-state index in [-0.39, 0.29) is 5.41 Å². The molecule has 2 bridgehead atoms. The second kappa shape index (κ2) is 2.37. The van der Waals surface area contributed by atoms with Crippen molar-refractivity contribution < 1.29 is 4.79 Å². The number of carbonyl (C=O) groups excluding carboxylic acids is 1. The van der Waals surface area contributed by atoms with Crippen molar-refractivity contribution in [1.29, 1.82) is 0 Å². The van der Waals surface area contributed by atoms with E-state index in [4.69, 9.17) is 0 Å². The average Bonchev–Trinajstić information content (AvgIpc) is 2.65. The van der Waals surface area contributed by atoms with E-state index in [1.54, 1.807) is 0 Å². The predicted octanol–water partition coefficient (Wildman–Crippen LogP) is 2.79. The molecule has 0 aromatic rings. The fraction of sp³-hybridized carbons (Fsp3) is 0.917. The monoisotopic (exact) mass is 178 g/mol. The van der Waals surface area contributed by atoms with Crippen molar-refractivity contribution in [1.82, 2.24) is 0 Å². The van der Waals surface area contributed by atoms with Crippen LogP contribution in [0.15, 0.2) is 0 Å². The highest BCUT2D eigenvalue weighted by Gasteiger charge is 2.52. The molecule has 0 spiro atoms. The van der Waals surface area contributed by atoms with Gasteiger partial charge in [-0.15, -0.1) is 0 Å². The molecular weight excluding hydrogens is 160 g/mol. The van der Waals surface area contributed by atoms with Crippen LogP contribution in [0.2, 0.25) is 0 Å². The summed E-state index contributed by atoms with van der Waals surface area (Å²) in [6.45, 7) is 2.17. The normalized spacial score (nSPS) is 45.2. The van der Waals surface area contributed by atoms with Gasteiger partial charge >= 0.3 is 0 Å². The Morgan fingerprint density at radius 1 is 1.23 bits per heavy atom. The van der Waals surface area contributed by atoms with Crippen molar-refractivity contribution in [2.75, 3.05) is 0 Å². The van der Waals surface area contributed by atoms with Crippen LogP contribution in [-0.4, -0.2) is 5.78 Å². The standard InChI is InChI=1S/C12H18O/c1-12(4-5-12)11(13)10-7-8-2-3-9(10)6-8/h8-10H,2-7H2,1H3. The third kappa shape index (κ3) is 1.09. The minimum Gasteiger partial charge on any atom is -0.299 e. The summed E-state index contributed by atoms with van der Waals surface area (Å²) in [5.74, 6) is 2.81. The van der Waals surface area contributed by atoms with Crippen LogP contribution in [0.4, 0.5) is 0 Å². The highest BCUT2D eigenvalue weighted by Crippen LogP contribution is 2.55. The summed E-state index contributed by atoms with van der Waals surface area (Å²) in [7, 11) is 0. The molecule has 0 amide bonds. The van der Waals surface area contributed by atoms with Crippen LogP contribution in [0.1, 0.15) is 45.4 Å². The summed E-state index contributed by atoms with van der Waals surface area (Å²) in [6.07, 6.45) is 7.69. The zero-order valence-corrected chi connectivity index (χ0v) is 8.38. The van der Waals surface area contributed by atoms with E-state index >= 15 is 0 Å². The molecule has 13 heavy (non-hydrogen) atoms. The molecule has 0 aliphatic heterocycles. The van der Waals surface area contributed by atoms with Gasteiger partial charge in [0.25, 0.3) is 0 Å². The molecule has 3 rings (SSSR count). The van der Waals surface area contributed by atoms with Crippen molar-refractivity contribution in [2.24, 2.45) is 23.2 Å². The van der Waals surface area contributed by atoms with E-state index in [0.29, 0.717) is 11.7 Å². The smallest absolute Gasteiger partial charge is 0.142 e. The molecule has 1 nitrogen and oxygen atoms in total. The van der Waals surface area contributed by atoms with E-state index < -0.39 is 0 Å². The Morgan fingerprint density at radius 3 is 2.46 bits per heavy atom. The topological polar surface area (TPSA) is 17.1 Å². The van der Waals surface area contributed by atoms with E-state index in [1.807, 2.05) is 0 Å². The van der Waals surface area contributed by atoms with E-state index in [0.717, 1.165) is 11.8 Å². The fourth-order valence-corrected chi connectivity index (χ4v) is 3.45. The lowest BCUT2D eigenvalue weighted by atomic mass is 9.80. The first-order chi connectivity index (χ1) is 6.19. The minimum absolute atomic E-state index is 0.134. The Balaban J connectivity index is 1.76. The molecule has 3 fully saturated rings. The average molecular weight is 178 g/mol. The summed E-state index contributed by atoms with van der Waals surface area (Å²) >= 11 is 0. The van der Waals surface area contributed by atoms with Crippen LogP contribution in [0.25, 0.3) is 0 Å². The fourth-order valence-electron chi connectivity index (χ4n) is 3.45. The number of fused-ring (bicyclic) bond motifs is 2. The first-order valence-corrected chi connectivity index (χ1v) is 5.73. The molecule has 0 aromatic heterocycles. The van der Waals surface area contributed by atoms with Crippen LogP contribution in [0, 0.1) is 23.2 Å². The van der Waals surface area contributed by atoms with Gasteiger partial charge in [0.2, 0.25) is 0 Å². The largest absolute Gasteiger partial charge is 0.299 e. The van der Waals surface area contributed by atoms with Gasteiger partial charge in [0.1, 0.15) is 5.78 Å². The molecule has 0 heterocycles. The molecule has 0 N–H and O–H groups in total. The minimum atomic E-state index is 0.134. The number of Topliss-reactive ketones (excluding diaryl/α,β-unsaturated/α-hetero) is 1. The highest BCUT2D eigenvalue weighted by atomic mass is 16.1. The maximum atomic E-state index is 12.1. The van der Waals surface area contributed by atoms with Gasteiger partial charge in [0.15, 0.2) is 0 Å². The Hall–Kier alpha value is -0.330. The molecule has 1 heteroatoms. The van der Waals surface area contributed by atoms with Crippen LogP contribution in [-0.2, 0) is 4.79 Å². The SMILES string of the molecule is CC1(C(=O)C2CC3CCC2C3)CC1. The van der Waals surface area contributed by atoms with Crippen LogP contribution in [0.3, 0.4) is 0 Å². The van der Waals surface area contributed by atoms with E-state index in [1.165, 1.54) is 38.5 Å². The molecule has 0 saturated heterocycles. The summed E-state index contributed by atoms with van der Waals surface area (Å²) in [5.41, 5.74) is 0.134. The second-order valence-electron chi connectivity index (χ2n) is 5.71. The summed E-state index contributed by atoms with van der Waals surface area (Å²) in [6, 6.07) is 0. The van der Waals surface area contributed by atoms with E-state index in [2.05, 4.69) is 6.92 Å². The van der Waals surface area contributed by atoms with Gasteiger partial charge in [-0.05, 0) is 43.9 Å². The zero-order chi connectivity index (χ0) is 9.05. The zero-order valence-electron chi connectivity index (χ0n) is 8.38. The van der Waals surface area contributed by atoms with Gasteiger partial charge in [-0.2, -0.15) is 0 Å². The molecule has 0 radical (unpaired) electrons. The van der Waals surface area contributed by atoms with E-state index in [9.17, 15) is 4.79 Å². The summed E-state index contributed by atoms with van der Waals surface area (Å²) in [4.78, 5) is 12.1. The van der Waals surface area contributed by atoms with Crippen LogP contribution in [0.5, 0.6) is 0 Å².